The van der Waals surface area contributed by atoms with E-state index in [0.29, 0.717) is 24.7 Å². The van der Waals surface area contributed by atoms with Crippen molar-refractivity contribution in [3.05, 3.63) is 35.7 Å². The molecule has 3 N–H and O–H groups in total. The van der Waals surface area contributed by atoms with Gasteiger partial charge in [0.25, 0.3) is 5.89 Å². The highest BCUT2D eigenvalue weighted by atomic mass is 16.5. The van der Waals surface area contributed by atoms with Crippen molar-refractivity contribution in [1.82, 2.24) is 15.5 Å². The molecule has 23 heavy (non-hydrogen) atoms. The minimum atomic E-state index is -0.410. The Hall–Kier alpha value is -2.21. The highest BCUT2D eigenvalue weighted by Gasteiger charge is 2.11. The second-order valence-electron chi connectivity index (χ2n) is 5.50. The molecule has 2 aromatic rings. The van der Waals surface area contributed by atoms with Crippen molar-refractivity contribution in [2.24, 2.45) is 5.73 Å². The van der Waals surface area contributed by atoms with E-state index in [2.05, 4.69) is 15.5 Å². The van der Waals surface area contributed by atoms with Crippen molar-refractivity contribution in [3.8, 4) is 11.5 Å². The predicted molar refractivity (Wildman–Crippen MR) is 88.7 cm³/mol. The van der Waals surface area contributed by atoms with Crippen LogP contribution in [0.25, 0.3) is 11.5 Å². The first-order valence-corrected chi connectivity index (χ1v) is 8.09. The van der Waals surface area contributed by atoms with Crippen molar-refractivity contribution in [1.29, 1.82) is 0 Å². The summed E-state index contributed by atoms with van der Waals surface area (Å²) in [6.45, 7) is 4.58. The van der Waals surface area contributed by atoms with Gasteiger partial charge in [-0.2, -0.15) is 4.98 Å². The standard InChI is InChI=1S/C17H24N4O2/c1-3-5-14(18)16(22)19-11-10-12-6-8-13(9-7-12)17-20-15(4-2)21-23-17/h6-9,14H,3-5,10-11,18H2,1-2H3,(H,19,22). The van der Waals surface area contributed by atoms with Crippen LogP contribution in [-0.2, 0) is 17.6 Å². The number of nitrogens with one attached hydrogen (secondary N) is 1. The molecule has 0 bridgehead atoms. The Morgan fingerprint density at radius 1 is 1.30 bits per heavy atom. The number of nitrogens with zero attached hydrogens (tertiary/aromatic N) is 2. The van der Waals surface area contributed by atoms with Gasteiger partial charge < -0.3 is 15.6 Å². The fraction of sp³-hybridized carbons (Fsp3) is 0.471. The molecule has 1 atom stereocenters. The SMILES string of the molecule is CCCC(N)C(=O)NCCc1ccc(-c2nc(CC)no2)cc1. The average molecular weight is 316 g/mol. The second kappa shape index (κ2) is 8.43. The number of nitrogens with two attached hydrogens (primary N) is 1. The fourth-order valence-electron chi connectivity index (χ4n) is 2.23. The van der Waals surface area contributed by atoms with E-state index in [1.165, 1.54) is 0 Å². The Labute approximate surface area is 136 Å². The molecule has 124 valence electrons. The van der Waals surface area contributed by atoms with E-state index in [4.69, 9.17) is 10.3 Å². The summed E-state index contributed by atoms with van der Waals surface area (Å²) >= 11 is 0. The third kappa shape index (κ3) is 4.89. The molecular weight excluding hydrogens is 292 g/mol. The monoisotopic (exact) mass is 316 g/mol. The van der Waals surface area contributed by atoms with E-state index in [0.717, 1.165) is 30.4 Å². The van der Waals surface area contributed by atoms with E-state index >= 15 is 0 Å². The van der Waals surface area contributed by atoms with Crippen LogP contribution in [0.4, 0.5) is 0 Å². The summed E-state index contributed by atoms with van der Waals surface area (Å²) in [4.78, 5) is 16.0. The topological polar surface area (TPSA) is 94.0 Å². The lowest BCUT2D eigenvalue weighted by Crippen LogP contribution is -2.41. The average Bonchev–Trinajstić information content (AvgIpc) is 3.04. The van der Waals surface area contributed by atoms with Crippen LogP contribution < -0.4 is 11.1 Å². The Morgan fingerprint density at radius 3 is 2.65 bits per heavy atom. The van der Waals surface area contributed by atoms with Gasteiger partial charge in [0.15, 0.2) is 5.82 Å². The maximum Gasteiger partial charge on any atom is 0.257 e. The zero-order valence-corrected chi connectivity index (χ0v) is 13.7. The van der Waals surface area contributed by atoms with Crippen LogP contribution in [0.15, 0.2) is 28.8 Å². The maximum atomic E-state index is 11.7. The van der Waals surface area contributed by atoms with Gasteiger partial charge in [0.1, 0.15) is 0 Å². The summed E-state index contributed by atoms with van der Waals surface area (Å²) in [6.07, 6.45) is 3.13. The lowest BCUT2D eigenvalue weighted by molar-refractivity contribution is -0.122. The minimum absolute atomic E-state index is 0.0820. The number of rotatable bonds is 8. The Bertz CT molecular complexity index is 622. The van der Waals surface area contributed by atoms with Gasteiger partial charge in [-0.1, -0.05) is 37.6 Å². The molecule has 0 radical (unpaired) electrons. The van der Waals surface area contributed by atoms with E-state index in [9.17, 15) is 4.79 Å². The number of amides is 1. The molecular formula is C17H24N4O2. The third-order valence-electron chi connectivity index (χ3n) is 3.63. The van der Waals surface area contributed by atoms with Crippen molar-refractivity contribution < 1.29 is 9.32 Å². The number of carbonyl (C=O) groups excluding carboxylic acids is 1. The molecule has 1 unspecified atom stereocenters. The quantitative estimate of drug-likeness (QED) is 0.777. The molecule has 1 aromatic carbocycles. The smallest absolute Gasteiger partial charge is 0.257 e. The van der Waals surface area contributed by atoms with Crippen LogP contribution in [-0.4, -0.2) is 28.6 Å². The molecule has 1 amide bonds. The zero-order chi connectivity index (χ0) is 16.7. The Morgan fingerprint density at radius 2 is 2.04 bits per heavy atom. The van der Waals surface area contributed by atoms with E-state index in [1.54, 1.807) is 0 Å². The van der Waals surface area contributed by atoms with Crippen LogP contribution in [0, 0.1) is 0 Å². The lowest BCUT2D eigenvalue weighted by Gasteiger charge is -2.11. The molecule has 6 nitrogen and oxygen atoms in total. The molecule has 2 rings (SSSR count). The van der Waals surface area contributed by atoms with Crippen molar-refractivity contribution >= 4 is 5.91 Å². The van der Waals surface area contributed by atoms with Crippen LogP contribution in [0.3, 0.4) is 0 Å². The van der Waals surface area contributed by atoms with Gasteiger partial charge in [-0.15, -0.1) is 0 Å². The molecule has 0 spiro atoms. The largest absolute Gasteiger partial charge is 0.354 e. The summed E-state index contributed by atoms with van der Waals surface area (Å²) in [5, 5.41) is 6.76. The first-order valence-electron chi connectivity index (χ1n) is 8.09. The van der Waals surface area contributed by atoms with E-state index < -0.39 is 6.04 Å². The number of hydrogen-bond acceptors (Lipinski definition) is 5. The lowest BCUT2D eigenvalue weighted by atomic mass is 10.1. The highest BCUT2D eigenvalue weighted by Crippen LogP contribution is 2.18. The Balaban J connectivity index is 1.84. The molecule has 1 aromatic heterocycles. The highest BCUT2D eigenvalue weighted by molar-refractivity contribution is 5.81. The molecule has 0 aliphatic rings. The molecule has 0 aliphatic carbocycles. The molecule has 0 aliphatic heterocycles. The molecule has 6 heteroatoms. The number of hydrogen-bond donors (Lipinski definition) is 2. The van der Waals surface area contributed by atoms with Gasteiger partial charge in [-0.25, -0.2) is 0 Å². The molecule has 0 fully saturated rings. The molecule has 1 heterocycles. The summed E-state index contributed by atoms with van der Waals surface area (Å²) in [5.74, 6) is 1.16. The number of benzene rings is 1. The minimum Gasteiger partial charge on any atom is -0.354 e. The number of carbonyl (C=O) groups is 1. The second-order valence-corrected chi connectivity index (χ2v) is 5.50. The van der Waals surface area contributed by atoms with Crippen LogP contribution in [0.1, 0.15) is 38.1 Å². The van der Waals surface area contributed by atoms with Crippen LogP contribution in [0.2, 0.25) is 0 Å². The van der Waals surface area contributed by atoms with Gasteiger partial charge in [-0.05, 0) is 30.5 Å². The first-order chi connectivity index (χ1) is 11.1. The van der Waals surface area contributed by atoms with Crippen molar-refractivity contribution in [2.45, 2.75) is 45.6 Å². The normalized spacial score (nSPS) is 12.1. The number of aromatic nitrogens is 2. The van der Waals surface area contributed by atoms with Gasteiger partial charge in [0.05, 0.1) is 6.04 Å². The van der Waals surface area contributed by atoms with Crippen molar-refractivity contribution in [3.63, 3.8) is 0 Å². The Kier molecular flexibility index (Phi) is 6.29. The van der Waals surface area contributed by atoms with Crippen LogP contribution in [0.5, 0.6) is 0 Å². The zero-order valence-electron chi connectivity index (χ0n) is 13.7. The summed E-state index contributed by atoms with van der Waals surface area (Å²) in [7, 11) is 0. The maximum absolute atomic E-state index is 11.7. The van der Waals surface area contributed by atoms with Gasteiger partial charge >= 0.3 is 0 Å². The van der Waals surface area contributed by atoms with Crippen LogP contribution >= 0.6 is 0 Å². The fourth-order valence-corrected chi connectivity index (χ4v) is 2.23. The summed E-state index contributed by atoms with van der Waals surface area (Å²) in [6, 6.07) is 7.50. The third-order valence-corrected chi connectivity index (χ3v) is 3.63. The predicted octanol–water partition coefficient (Wildman–Crippen LogP) is 2.09. The number of aryl methyl sites for hydroxylation is 1. The van der Waals surface area contributed by atoms with E-state index in [-0.39, 0.29) is 5.91 Å². The molecule has 0 saturated heterocycles. The van der Waals surface area contributed by atoms with Crippen molar-refractivity contribution in [2.75, 3.05) is 6.54 Å². The first kappa shape index (κ1) is 17.1. The van der Waals surface area contributed by atoms with Gasteiger partial charge in [-0.3, -0.25) is 4.79 Å². The summed E-state index contributed by atoms with van der Waals surface area (Å²) < 4.78 is 5.21. The van der Waals surface area contributed by atoms with Gasteiger partial charge in [0.2, 0.25) is 5.91 Å². The van der Waals surface area contributed by atoms with Gasteiger partial charge in [0, 0.05) is 18.5 Å². The molecule has 0 saturated carbocycles. The van der Waals surface area contributed by atoms with E-state index in [1.807, 2.05) is 38.1 Å². The summed E-state index contributed by atoms with van der Waals surface area (Å²) in [5.41, 5.74) is 7.80.